The van der Waals surface area contributed by atoms with Crippen molar-refractivity contribution < 1.29 is 0 Å². The SMILES string of the molecule is CC1=CC(C)CCC1=CCC#N. The summed E-state index contributed by atoms with van der Waals surface area (Å²) in [6.45, 7) is 4.38. The first-order valence-corrected chi connectivity index (χ1v) is 4.49. The molecular weight excluding hydrogens is 146 g/mol. The second-order valence-electron chi connectivity index (χ2n) is 3.46. The van der Waals surface area contributed by atoms with Gasteiger partial charge in [-0.3, -0.25) is 0 Å². The predicted octanol–water partition coefficient (Wildman–Crippen LogP) is 3.20. The van der Waals surface area contributed by atoms with E-state index in [9.17, 15) is 0 Å². The van der Waals surface area contributed by atoms with Crippen molar-refractivity contribution in [2.75, 3.05) is 0 Å². The third kappa shape index (κ3) is 2.23. The molecule has 1 aliphatic carbocycles. The van der Waals surface area contributed by atoms with E-state index in [0.29, 0.717) is 12.3 Å². The summed E-state index contributed by atoms with van der Waals surface area (Å²) in [5.74, 6) is 0.712. The van der Waals surface area contributed by atoms with Crippen LogP contribution in [0.3, 0.4) is 0 Å². The molecule has 64 valence electrons. The van der Waals surface area contributed by atoms with Gasteiger partial charge < -0.3 is 0 Å². The lowest BCUT2D eigenvalue weighted by molar-refractivity contribution is 0.620. The minimum Gasteiger partial charge on any atom is -0.198 e. The third-order valence-corrected chi connectivity index (χ3v) is 2.35. The maximum absolute atomic E-state index is 8.42. The summed E-state index contributed by atoms with van der Waals surface area (Å²) in [7, 11) is 0. The smallest absolute Gasteiger partial charge is 0.0663 e. The van der Waals surface area contributed by atoms with E-state index in [1.807, 2.05) is 0 Å². The van der Waals surface area contributed by atoms with Gasteiger partial charge in [-0.1, -0.05) is 24.6 Å². The quantitative estimate of drug-likeness (QED) is 0.579. The largest absolute Gasteiger partial charge is 0.198 e. The second-order valence-corrected chi connectivity index (χ2v) is 3.46. The zero-order valence-corrected chi connectivity index (χ0v) is 7.80. The van der Waals surface area contributed by atoms with Crippen LogP contribution in [0.5, 0.6) is 0 Å². The Balaban J connectivity index is 2.70. The number of hydrogen-bond acceptors (Lipinski definition) is 1. The maximum atomic E-state index is 8.42. The molecule has 0 heterocycles. The van der Waals surface area contributed by atoms with E-state index in [2.05, 4.69) is 32.1 Å². The van der Waals surface area contributed by atoms with E-state index in [-0.39, 0.29) is 0 Å². The predicted molar refractivity (Wildman–Crippen MR) is 50.5 cm³/mol. The molecule has 0 aromatic heterocycles. The van der Waals surface area contributed by atoms with Crippen molar-refractivity contribution in [2.24, 2.45) is 5.92 Å². The van der Waals surface area contributed by atoms with Gasteiger partial charge in [0.05, 0.1) is 12.5 Å². The van der Waals surface area contributed by atoms with E-state index < -0.39 is 0 Å². The first-order valence-electron chi connectivity index (χ1n) is 4.49. The van der Waals surface area contributed by atoms with Gasteiger partial charge in [-0.2, -0.15) is 5.26 Å². The van der Waals surface area contributed by atoms with E-state index in [1.165, 1.54) is 17.6 Å². The van der Waals surface area contributed by atoms with Gasteiger partial charge in [0.15, 0.2) is 0 Å². The molecule has 1 heteroatoms. The highest BCUT2D eigenvalue weighted by Gasteiger charge is 2.10. The van der Waals surface area contributed by atoms with E-state index in [4.69, 9.17) is 5.26 Å². The van der Waals surface area contributed by atoms with Crippen LogP contribution in [-0.4, -0.2) is 0 Å². The summed E-state index contributed by atoms with van der Waals surface area (Å²) in [5.41, 5.74) is 2.73. The molecule has 0 saturated heterocycles. The molecule has 0 fully saturated rings. The lowest BCUT2D eigenvalue weighted by Gasteiger charge is -2.18. The monoisotopic (exact) mass is 161 g/mol. The first-order chi connectivity index (χ1) is 5.74. The molecule has 1 unspecified atom stereocenters. The number of hydrogen-bond donors (Lipinski definition) is 0. The van der Waals surface area contributed by atoms with Crippen molar-refractivity contribution in [3.05, 3.63) is 23.3 Å². The standard InChI is InChI=1S/C11H15N/c1-9-5-6-11(4-3-7-12)10(2)8-9/h4,8-9H,3,5-6H2,1-2H3. The fraction of sp³-hybridized carbons (Fsp3) is 0.545. The summed E-state index contributed by atoms with van der Waals surface area (Å²) in [6.07, 6.45) is 7.28. The van der Waals surface area contributed by atoms with Crippen molar-refractivity contribution in [1.29, 1.82) is 5.26 Å². The number of rotatable bonds is 1. The molecule has 1 rings (SSSR count). The number of nitriles is 1. The lowest BCUT2D eigenvalue weighted by Crippen LogP contribution is -2.01. The van der Waals surface area contributed by atoms with Crippen molar-refractivity contribution in [2.45, 2.75) is 33.1 Å². The van der Waals surface area contributed by atoms with Crippen LogP contribution in [0.15, 0.2) is 23.3 Å². The third-order valence-electron chi connectivity index (χ3n) is 2.35. The van der Waals surface area contributed by atoms with Crippen molar-refractivity contribution in [1.82, 2.24) is 0 Å². The van der Waals surface area contributed by atoms with Crippen LogP contribution in [0, 0.1) is 17.2 Å². The molecule has 12 heavy (non-hydrogen) atoms. The van der Waals surface area contributed by atoms with E-state index >= 15 is 0 Å². The first kappa shape index (κ1) is 9.06. The molecule has 0 spiro atoms. The minimum absolute atomic E-state index is 0.550. The molecule has 0 bridgehead atoms. The van der Waals surface area contributed by atoms with Crippen molar-refractivity contribution in [3.63, 3.8) is 0 Å². The van der Waals surface area contributed by atoms with Crippen LogP contribution in [0.2, 0.25) is 0 Å². The molecule has 0 aromatic carbocycles. The molecule has 1 atom stereocenters. The fourth-order valence-corrected chi connectivity index (χ4v) is 1.63. The number of allylic oxidation sites excluding steroid dienone is 4. The Morgan fingerprint density at radius 2 is 2.50 bits per heavy atom. The average Bonchev–Trinajstić information content (AvgIpc) is 2.03. The van der Waals surface area contributed by atoms with Crippen molar-refractivity contribution in [3.8, 4) is 6.07 Å². The van der Waals surface area contributed by atoms with Gasteiger partial charge in [0.1, 0.15) is 0 Å². The van der Waals surface area contributed by atoms with Gasteiger partial charge in [-0.05, 0) is 31.3 Å². The van der Waals surface area contributed by atoms with Crippen LogP contribution in [0.4, 0.5) is 0 Å². The minimum atomic E-state index is 0.550. The topological polar surface area (TPSA) is 23.8 Å². The fourth-order valence-electron chi connectivity index (χ4n) is 1.63. The van der Waals surface area contributed by atoms with Gasteiger partial charge in [-0.15, -0.1) is 0 Å². The van der Waals surface area contributed by atoms with Gasteiger partial charge in [0.25, 0.3) is 0 Å². The summed E-state index contributed by atoms with van der Waals surface area (Å²) < 4.78 is 0. The normalized spacial score (nSPS) is 26.6. The van der Waals surface area contributed by atoms with E-state index in [0.717, 1.165) is 6.42 Å². The molecule has 0 amide bonds. The summed E-state index contributed by atoms with van der Waals surface area (Å²) in [6, 6.07) is 2.14. The molecule has 0 aliphatic heterocycles. The Bertz CT molecular complexity index is 253. The zero-order valence-electron chi connectivity index (χ0n) is 7.80. The van der Waals surface area contributed by atoms with Crippen molar-refractivity contribution >= 4 is 0 Å². The molecule has 0 saturated carbocycles. The zero-order chi connectivity index (χ0) is 8.97. The molecule has 1 aliphatic rings. The Kier molecular flexibility index (Phi) is 3.10. The lowest BCUT2D eigenvalue weighted by atomic mass is 9.88. The van der Waals surface area contributed by atoms with Crippen LogP contribution in [0.1, 0.15) is 33.1 Å². The molecule has 0 radical (unpaired) electrons. The van der Waals surface area contributed by atoms with Gasteiger partial charge >= 0.3 is 0 Å². The second kappa shape index (κ2) is 4.11. The summed E-state index contributed by atoms with van der Waals surface area (Å²) in [4.78, 5) is 0. The van der Waals surface area contributed by atoms with Gasteiger partial charge in [0.2, 0.25) is 0 Å². The Morgan fingerprint density at radius 1 is 1.75 bits per heavy atom. The van der Waals surface area contributed by atoms with Gasteiger partial charge in [-0.25, -0.2) is 0 Å². The van der Waals surface area contributed by atoms with Gasteiger partial charge in [0, 0.05) is 0 Å². The van der Waals surface area contributed by atoms with Crippen LogP contribution in [0.25, 0.3) is 0 Å². The molecule has 1 nitrogen and oxygen atoms in total. The molecule has 0 N–H and O–H groups in total. The molecular formula is C11H15N. The Labute approximate surface area is 74.4 Å². The maximum Gasteiger partial charge on any atom is 0.0663 e. The van der Waals surface area contributed by atoms with Crippen LogP contribution < -0.4 is 0 Å². The summed E-state index contributed by atoms with van der Waals surface area (Å²) >= 11 is 0. The highest BCUT2D eigenvalue weighted by molar-refractivity contribution is 5.32. The van der Waals surface area contributed by atoms with E-state index in [1.54, 1.807) is 0 Å². The highest BCUT2D eigenvalue weighted by atomic mass is 14.2. The Morgan fingerprint density at radius 3 is 3.08 bits per heavy atom. The number of nitrogens with zero attached hydrogens (tertiary/aromatic N) is 1. The molecule has 0 aromatic rings. The Hall–Kier alpha value is -1.03. The highest BCUT2D eigenvalue weighted by Crippen LogP contribution is 2.27. The average molecular weight is 161 g/mol. The van der Waals surface area contributed by atoms with Crippen LogP contribution in [-0.2, 0) is 0 Å². The van der Waals surface area contributed by atoms with Crippen LogP contribution >= 0.6 is 0 Å². The summed E-state index contributed by atoms with van der Waals surface area (Å²) in [5, 5.41) is 8.42.